The van der Waals surface area contributed by atoms with Gasteiger partial charge in [-0.05, 0) is 40.0 Å². The Balaban J connectivity index is 1.79. The van der Waals surface area contributed by atoms with Gasteiger partial charge in [0.2, 0.25) is 0 Å². The van der Waals surface area contributed by atoms with Gasteiger partial charge in [0.25, 0.3) is 0 Å². The van der Waals surface area contributed by atoms with E-state index in [4.69, 9.17) is 9.47 Å². The average molecular weight is 256 g/mol. The molecule has 0 radical (unpaired) electrons. The summed E-state index contributed by atoms with van der Waals surface area (Å²) in [6, 6.07) is 0.0953. The highest BCUT2D eigenvalue weighted by molar-refractivity contribution is 5.75. The number of carbonyl (C=O) groups is 1. The Hall–Kier alpha value is -0.810. The summed E-state index contributed by atoms with van der Waals surface area (Å²) in [7, 11) is 0. The van der Waals surface area contributed by atoms with Gasteiger partial charge in [-0.15, -0.1) is 0 Å². The van der Waals surface area contributed by atoms with Crippen molar-refractivity contribution >= 4 is 6.03 Å². The van der Waals surface area contributed by atoms with Crippen LogP contribution in [0, 0.1) is 0 Å². The van der Waals surface area contributed by atoms with Gasteiger partial charge in [-0.25, -0.2) is 4.79 Å². The van der Waals surface area contributed by atoms with E-state index in [1.807, 2.05) is 20.8 Å². The summed E-state index contributed by atoms with van der Waals surface area (Å²) in [5.74, 6) is 0. The zero-order valence-corrected chi connectivity index (χ0v) is 11.5. The van der Waals surface area contributed by atoms with E-state index in [1.54, 1.807) is 0 Å². The Kier molecular flexibility index (Phi) is 4.12. The number of fused-ring (bicyclic) bond motifs is 1. The van der Waals surface area contributed by atoms with E-state index in [0.29, 0.717) is 13.2 Å². The Morgan fingerprint density at radius 3 is 2.44 bits per heavy atom. The van der Waals surface area contributed by atoms with E-state index in [2.05, 4.69) is 10.6 Å². The van der Waals surface area contributed by atoms with Crippen LogP contribution >= 0.6 is 0 Å². The molecule has 1 heterocycles. The summed E-state index contributed by atoms with van der Waals surface area (Å²) in [5.41, 5.74) is -0.203. The minimum absolute atomic E-state index is 0.0947. The molecule has 0 aromatic heterocycles. The van der Waals surface area contributed by atoms with Crippen LogP contribution in [0.4, 0.5) is 4.79 Å². The second-order valence-corrected chi connectivity index (χ2v) is 6.18. The van der Waals surface area contributed by atoms with Crippen LogP contribution in [0.3, 0.4) is 0 Å². The van der Waals surface area contributed by atoms with E-state index >= 15 is 0 Å². The van der Waals surface area contributed by atoms with Gasteiger partial charge in [-0.2, -0.15) is 0 Å². The van der Waals surface area contributed by atoms with Gasteiger partial charge in [0.05, 0.1) is 25.4 Å². The second kappa shape index (κ2) is 5.45. The highest BCUT2D eigenvalue weighted by Crippen LogP contribution is 2.26. The van der Waals surface area contributed by atoms with Crippen LogP contribution in [0.25, 0.3) is 0 Å². The minimum Gasteiger partial charge on any atom is -0.373 e. The molecule has 2 aliphatic rings. The predicted octanol–water partition coefficient (Wildman–Crippen LogP) is 1.42. The molecule has 3 atom stereocenters. The molecule has 0 bridgehead atoms. The lowest BCUT2D eigenvalue weighted by atomic mass is 9.90. The van der Waals surface area contributed by atoms with Crippen molar-refractivity contribution < 1.29 is 14.3 Å². The molecule has 1 aliphatic heterocycles. The number of ether oxygens (including phenoxy) is 2. The first-order valence-corrected chi connectivity index (χ1v) is 6.76. The van der Waals surface area contributed by atoms with Crippen molar-refractivity contribution in [2.45, 2.75) is 63.8 Å². The maximum atomic E-state index is 11.8. The molecule has 2 N–H and O–H groups in total. The number of nitrogens with one attached hydrogen (secondary N) is 2. The van der Waals surface area contributed by atoms with Crippen LogP contribution in [0.1, 0.15) is 40.0 Å². The molecule has 1 aliphatic carbocycles. The normalized spacial score (nSPS) is 32.5. The maximum absolute atomic E-state index is 11.8. The number of amides is 2. The standard InChI is InChI=1S/C13H24N2O3/c1-13(2,3)15-12(16)14-9-4-5-10-11(8-9)18-7-6-17-10/h9-11H,4-8H2,1-3H3,(H2,14,15,16). The van der Waals surface area contributed by atoms with Crippen LogP contribution in [0.15, 0.2) is 0 Å². The van der Waals surface area contributed by atoms with Crippen molar-refractivity contribution in [3.8, 4) is 0 Å². The highest BCUT2D eigenvalue weighted by Gasteiger charge is 2.34. The van der Waals surface area contributed by atoms with Gasteiger partial charge < -0.3 is 20.1 Å². The summed E-state index contributed by atoms with van der Waals surface area (Å²) in [4.78, 5) is 11.8. The largest absolute Gasteiger partial charge is 0.373 e. The van der Waals surface area contributed by atoms with Crippen molar-refractivity contribution in [3.63, 3.8) is 0 Å². The minimum atomic E-state index is -0.203. The molecule has 3 unspecified atom stereocenters. The quantitative estimate of drug-likeness (QED) is 0.746. The molecule has 0 spiro atoms. The molecule has 1 saturated carbocycles. The molecule has 5 heteroatoms. The Labute approximate surface area is 109 Å². The molecule has 2 fully saturated rings. The fraction of sp³-hybridized carbons (Fsp3) is 0.923. The lowest BCUT2D eigenvalue weighted by Gasteiger charge is -2.39. The fourth-order valence-electron chi connectivity index (χ4n) is 2.56. The third-order valence-electron chi connectivity index (χ3n) is 3.30. The van der Waals surface area contributed by atoms with Crippen LogP contribution in [0.5, 0.6) is 0 Å². The molecule has 18 heavy (non-hydrogen) atoms. The van der Waals surface area contributed by atoms with E-state index in [0.717, 1.165) is 19.3 Å². The smallest absolute Gasteiger partial charge is 0.315 e. The second-order valence-electron chi connectivity index (χ2n) is 6.18. The number of rotatable bonds is 1. The maximum Gasteiger partial charge on any atom is 0.315 e. The predicted molar refractivity (Wildman–Crippen MR) is 68.5 cm³/mol. The van der Waals surface area contributed by atoms with Crippen LogP contribution in [-0.2, 0) is 9.47 Å². The molecule has 5 nitrogen and oxygen atoms in total. The van der Waals surface area contributed by atoms with Crippen LogP contribution < -0.4 is 10.6 Å². The molecule has 2 amide bonds. The summed E-state index contributed by atoms with van der Waals surface area (Å²) in [6.45, 7) is 7.29. The molecule has 0 aromatic rings. The van der Waals surface area contributed by atoms with Gasteiger partial charge in [0.15, 0.2) is 0 Å². The summed E-state index contributed by atoms with van der Waals surface area (Å²) >= 11 is 0. The third-order valence-corrected chi connectivity index (χ3v) is 3.30. The van der Waals surface area contributed by atoms with Crippen LogP contribution in [0.2, 0.25) is 0 Å². The summed E-state index contributed by atoms with van der Waals surface area (Å²) in [5, 5.41) is 5.94. The Bertz CT molecular complexity index is 301. The number of carbonyl (C=O) groups excluding carboxylic acids is 1. The van der Waals surface area contributed by atoms with Gasteiger partial charge in [-0.1, -0.05) is 0 Å². The zero-order chi connectivity index (χ0) is 13.2. The van der Waals surface area contributed by atoms with E-state index in [-0.39, 0.29) is 29.8 Å². The van der Waals surface area contributed by atoms with Crippen LogP contribution in [-0.4, -0.2) is 43.0 Å². The van der Waals surface area contributed by atoms with Gasteiger partial charge >= 0.3 is 6.03 Å². The third kappa shape index (κ3) is 3.85. The van der Waals surface area contributed by atoms with E-state index < -0.39 is 0 Å². The average Bonchev–Trinajstić information content (AvgIpc) is 2.26. The number of urea groups is 1. The first-order valence-electron chi connectivity index (χ1n) is 6.76. The van der Waals surface area contributed by atoms with Crippen molar-refractivity contribution in [3.05, 3.63) is 0 Å². The Morgan fingerprint density at radius 1 is 1.11 bits per heavy atom. The fourth-order valence-corrected chi connectivity index (χ4v) is 2.56. The van der Waals surface area contributed by atoms with Gasteiger partial charge in [-0.3, -0.25) is 0 Å². The summed E-state index contributed by atoms with van der Waals surface area (Å²) in [6.07, 6.45) is 3.14. The molecule has 0 aromatic carbocycles. The van der Waals surface area contributed by atoms with E-state index in [9.17, 15) is 4.79 Å². The topological polar surface area (TPSA) is 59.6 Å². The lowest BCUT2D eigenvalue weighted by Crippen LogP contribution is -2.53. The number of hydrogen-bond donors (Lipinski definition) is 2. The molecule has 104 valence electrons. The Morgan fingerprint density at radius 2 is 1.78 bits per heavy atom. The summed E-state index contributed by atoms with van der Waals surface area (Å²) < 4.78 is 11.4. The van der Waals surface area contributed by atoms with Gasteiger partial charge in [0, 0.05) is 11.6 Å². The SMILES string of the molecule is CC(C)(C)NC(=O)NC1CCC2OCCOC2C1. The first-order chi connectivity index (χ1) is 8.44. The molecule has 2 rings (SSSR count). The lowest BCUT2D eigenvalue weighted by molar-refractivity contribution is -0.157. The van der Waals surface area contributed by atoms with Crippen molar-refractivity contribution in [1.29, 1.82) is 0 Å². The van der Waals surface area contributed by atoms with Crippen molar-refractivity contribution in [1.82, 2.24) is 10.6 Å². The van der Waals surface area contributed by atoms with Crippen molar-refractivity contribution in [2.24, 2.45) is 0 Å². The zero-order valence-electron chi connectivity index (χ0n) is 11.5. The monoisotopic (exact) mass is 256 g/mol. The van der Waals surface area contributed by atoms with E-state index in [1.165, 1.54) is 0 Å². The number of hydrogen-bond acceptors (Lipinski definition) is 3. The first kappa shape index (κ1) is 13.6. The molecular weight excluding hydrogens is 232 g/mol. The van der Waals surface area contributed by atoms with Gasteiger partial charge in [0.1, 0.15) is 0 Å². The highest BCUT2D eigenvalue weighted by atomic mass is 16.6. The van der Waals surface area contributed by atoms with Crippen molar-refractivity contribution in [2.75, 3.05) is 13.2 Å². The molecular formula is C13H24N2O3. The molecule has 1 saturated heterocycles.